The summed E-state index contributed by atoms with van der Waals surface area (Å²) in [5.74, 6) is 1.59. The first-order valence-electron chi connectivity index (χ1n) is 6.77. The zero-order chi connectivity index (χ0) is 14.7. The van der Waals surface area contributed by atoms with Crippen molar-refractivity contribution >= 4 is 11.8 Å². The Hall–Kier alpha value is -2.14. The smallest absolute Gasteiger partial charge is 0.166 e. The number of para-hydroxylation sites is 1. The van der Waals surface area contributed by atoms with Gasteiger partial charge in [-0.15, -0.1) is 16.9 Å². The molecule has 0 aliphatic heterocycles. The van der Waals surface area contributed by atoms with E-state index in [4.69, 9.17) is 0 Å². The molecule has 0 radical (unpaired) electrons. The van der Waals surface area contributed by atoms with E-state index in [-0.39, 0.29) is 0 Å². The number of hydrogen-bond acceptors (Lipinski definition) is 4. The first-order chi connectivity index (χ1) is 10.2. The molecule has 0 atom stereocenters. The molecule has 0 amide bonds. The van der Waals surface area contributed by atoms with E-state index in [1.54, 1.807) is 16.4 Å². The molecule has 1 heterocycles. The van der Waals surface area contributed by atoms with Crippen LogP contribution in [0, 0.1) is 13.8 Å². The van der Waals surface area contributed by atoms with Gasteiger partial charge in [-0.3, -0.25) is 0 Å². The van der Waals surface area contributed by atoms with Crippen LogP contribution in [-0.4, -0.2) is 20.2 Å². The molecule has 0 unspecified atom stereocenters. The molecule has 0 aliphatic rings. The van der Waals surface area contributed by atoms with Crippen molar-refractivity contribution in [2.45, 2.75) is 24.5 Å². The Balaban J connectivity index is 1.79. The van der Waals surface area contributed by atoms with Crippen LogP contribution in [0.15, 0.2) is 53.4 Å². The first kappa shape index (κ1) is 13.8. The second kappa shape index (κ2) is 6.10. The van der Waals surface area contributed by atoms with Crippen LogP contribution < -0.4 is 0 Å². The van der Waals surface area contributed by atoms with Gasteiger partial charge in [0, 0.05) is 4.90 Å². The lowest BCUT2D eigenvalue weighted by molar-refractivity contribution is 0.777. The van der Waals surface area contributed by atoms with Gasteiger partial charge in [0.2, 0.25) is 0 Å². The molecule has 0 bridgehead atoms. The van der Waals surface area contributed by atoms with E-state index in [0.717, 1.165) is 17.3 Å². The lowest BCUT2D eigenvalue weighted by Gasteiger charge is -2.07. The fourth-order valence-corrected chi connectivity index (χ4v) is 3.08. The Bertz CT molecular complexity index is 737. The van der Waals surface area contributed by atoms with Gasteiger partial charge in [-0.25, -0.2) is 0 Å². The Labute approximate surface area is 128 Å². The predicted octanol–water partition coefficient (Wildman–Crippen LogP) is 3.57. The number of aromatic nitrogens is 4. The number of nitrogens with zero attached hydrogens (tertiary/aromatic N) is 4. The third-order valence-corrected chi connectivity index (χ3v) is 4.39. The van der Waals surface area contributed by atoms with E-state index in [0.29, 0.717) is 0 Å². The molecule has 0 N–H and O–H groups in total. The minimum absolute atomic E-state index is 0.742. The largest absolute Gasteiger partial charge is 0.196 e. The third kappa shape index (κ3) is 3.13. The Morgan fingerprint density at radius 3 is 2.62 bits per heavy atom. The average Bonchev–Trinajstić information content (AvgIpc) is 2.96. The summed E-state index contributed by atoms with van der Waals surface area (Å²) in [6.07, 6.45) is 0. The summed E-state index contributed by atoms with van der Waals surface area (Å²) in [5.41, 5.74) is 3.56. The van der Waals surface area contributed by atoms with Gasteiger partial charge in [-0.05, 0) is 48.0 Å². The van der Waals surface area contributed by atoms with Gasteiger partial charge < -0.3 is 0 Å². The Morgan fingerprint density at radius 1 is 1.05 bits per heavy atom. The summed E-state index contributed by atoms with van der Waals surface area (Å²) in [7, 11) is 0. The number of tetrazole rings is 1. The highest BCUT2D eigenvalue weighted by Gasteiger charge is 2.09. The van der Waals surface area contributed by atoms with Crippen molar-refractivity contribution in [3.63, 3.8) is 0 Å². The van der Waals surface area contributed by atoms with Crippen LogP contribution in [0.25, 0.3) is 5.69 Å². The standard InChI is InChI=1S/C16H16N4S/c1-12-8-9-15(13(2)10-12)21-11-16-17-18-19-20(16)14-6-4-3-5-7-14/h3-10H,11H2,1-2H3. The minimum atomic E-state index is 0.742. The summed E-state index contributed by atoms with van der Waals surface area (Å²) in [6, 6.07) is 16.4. The molecular weight excluding hydrogens is 280 g/mol. The number of rotatable bonds is 4. The number of thioether (sulfide) groups is 1. The molecule has 4 nitrogen and oxygen atoms in total. The van der Waals surface area contributed by atoms with Crippen molar-refractivity contribution in [2.75, 3.05) is 0 Å². The highest BCUT2D eigenvalue weighted by Crippen LogP contribution is 2.26. The number of aryl methyl sites for hydroxylation is 2. The Morgan fingerprint density at radius 2 is 1.86 bits per heavy atom. The van der Waals surface area contributed by atoms with E-state index < -0.39 is 0 Å². The maximum atomic E-state index is 4.14. The average molecular weight is 296 g/mol. The predicted molar refractivity (Wildman–Crippen MR) is 84.6 cm³/mol. The van der Waals surface area contributed by atoms with Gasteiger partial charge in [-0.2, -0.15) is 4.68 Å². The van der Waals surface area contributed by atoms with E-state index in [9.17, 15) is 0 Å². The molecule has 3 rings (SSSR count). The lowest BCUT2D eigenvalue weighted by Crippen LogP contribution is -2.01. The molecule has 0 saturated heterocycles. The van der Waals surface area contributed by atoms with Crippen molar-refractivity contribution < 1.29 is 0 Å². The van der Waals surface area contributed by atoms with Gasteiger partial charge >= 0.3 is 0 Å². The normalized spacial score (nSPS) is 10.8. The lowest BCUT2D eigenvalue weighted by atomic mass is 10.2. The van der Waals surface area contributed by atoms with Crippen LogP contribution in [0.2, 0.25) is 0 Å². The van der Waals surface area contributed by atoms with Crippen LogP contribution in [0.5, 0.6) is 0 Å². The molecule has 3 aromatic rings. The zero-order valence-corrected chi connectivity index (χ0v) is 12.8. The topological polar surface area (TPSA) is 43.6 Å². The molecule has 0 fully saturated rings. The Kier molecular flexibility index (Phi) is 4.01. The van der Waals surface area contributed by atoms with Crippen LogP contribution in [0.3, 0.4) is 0 Å². The summed E-state index contributed by atoms with van der Waals surface area (Å²) < 4.78 is 1.79. The van der Waals surface area contributed by atoms with Crippen molar-refractivity contribution in [2.24, 2.45) is 0 Å². The molecule has 0 saturated carbocycles. The molecule has 1 aromatic heterocycles. The summed E-state index contributed by atoms with van der Waals surface area (Å²) in [5, 5.41) is 12.0. The molecule has 106 valence electrons. The van der Waals surface area contributed by atoms with Crippen molar-refractivity contribution in [1.82, 2.24) is 20.2 Å². The van der Waals surface area contributed by atoms with Crippen LogP contribution in [0.4, 0.5) is 0 Å². The summed E-state index contributed by atoms with van der Waals surface area (Å²) >= 11 is 1.76. The van der Waals surface area contributed by atoms with Gasteiger partial charge in [0.25, 0.3) is 0 Å². The van der Waals surface area contributed by atoms with Crippen molar-refractivity contribution in [3.05, 3.63) is 65.5 Å². The van der Waals surface area contributed by atoms with Gasteiger partial charge in [0.1, 0.15) is 0 Å². The highest BCUT2D eigenvalue weighted by molar-refractivity contribution is 7.98. The number of hydrogen-bond donors (Lipinski definition) is 0. The first-order valence-corrected chi connectivity index (χ1v) is 7.75. The molecule has 21 heavy (non-hydrogen) atoms. The van der Waals surface area contributed by atoms with E-state index in [1.165, 1.54) is 16.0 Å². The maximum Gasteiger partial charge on any atom is 0.166 e. The minimum Gasteiger partial charge on any atom is -0.196 e. The van der Waals surface area contributed by atoms with E-state index in [1.807, 2.05) is 30.3 Å². The maximum absolute atomic E-state index is 4.14. The van der Waals surface area contributed by atoms with E-state index >= 15 is 0 Å². The van der Waals surface area contributed by atoms with Crippen LogP contribution in [-0.2, 0) is 5.75 Å². The second-order valence-corrected chi connectivity index (χ2v) is 5.92. The van der Waals surface area contributed by atoms with Crippen molar-refractivity contribution in [3.8, 4) is 5.69 Å². The highest BCUT2D eigenvalue weighted by atomic mass is 32.2. The fourth-order valence-electron chi connectivity index (χ4n) is 2.17. The number of benzene rings is 2. The van der Waals surface area contributed by atoms with E-state index in [2.05, 4.69) is 47.6 Å². The van der Waals surface area contributed by atoms with Crippen LogP contribution in [0.1, 0.15) is 17.0 Å². The third-order valence-electron chi connectivity index (χ3n) is 3.22. The fraction of sp³-hybridized carbons (Fsp3) is 0.188. The summed E-state index contributed by atoms with van der Waals surface area (Å²) in [4.78, 5) is 1.27. The van der Waals surface area contributed by atoms with Crippen LogP contribution >= 0.6 is 11.8 Å². The quantitative estimate of drug-likeness (QED) is 0.690. The molecule has 0 aliphatic carbocycles. The van der Waals surface area contributed by atoms with Crippen molar-refractivity contribution in [1.29, 1.82) is 0 Å². The van der Waals surface area contributed by atoms with Gasteiger partial charge in [0.05, 0.1) is 11.4 Å². The second-order valence-electron chi connectivity index (χ2n) is 4.90. The molecule has 0 spiro atoms. The summed E-state index contributed by atoms with van der Waals surface area (Å²) in [6.45, 7) is 4.24. The zero-order valence-electron chi connectivity index (χ0n) is 12.0. The molecule has 5 heteroatoms. The molecule has 2 aromatic carbocycles. The van der Waals surface area contributed by atoms with Gasteiger partial charge in [-0.1, -0.05) is 35.9 Å². The molecular formula is C16H16N4S. The SMILES string of the molecule is Cc1ccc(SCc2nnnn2-c2ccccc2)c(C)c1. The van der Waals surface area contributed by atoms with Gasteiger partial charge in [0.15, 0.2) is 5.82 Å². The monoisotopic (exact) mass is 296 g/mol.